The molecule has 0 saturated carbocycles. The van der Waals surface area contributed by atoms with E-state index in [2.05, 4.69) is 4.72 Å². The summed E-state index contributed by atoms with van der Waals surface area (Å²) >= 11 is 0. The molecule has 2 N–H and O–H groups in total. The number of imide groups is 1. The van der Waals surface area contributed by atoms with Crippen LogP contribution in [0.3, 0.4) is 0 Å². The smallest absolute Gasteiger partial charge is 0.303 e. The van der Waals surface area contributed by atoms with Crippen molar-refractivity contribution in [3.63, 3.8) is 0 Å². The maximum Gasteiger partial charge on any atom is 0.303 e. The van der Waals surface area contributed by atoms with E-state index < -0.39 is 27.8 Å². The van der Waals surface area contributed by atoms with Crippen molar-refractivity contribution in [3.8, 4) is 0 Å². The van der Waals surface area contributed by atoms with E-state index in [1.807, 2.05) is 0 Å². The SMILES string of the molecule is CN1C(=O)c2ccc(S(=O)(=O)NCCCC(=O)O)cc2C1=O. The van der Waals surface area contributed by atoms with E-state index in [1.165, 1.54) is 19.2 Å². The Morgan fingerprint density at radius 2 is 1.86 bits per heavy atom. The van der Waals surface area contributed by atoms with Crippen molar-refractivity contribution >= 4 is 27.8 Å². The maximum atomic E-state index is 12.1. The van der Waals surface area contributed by atoms with Crippen LogP contribution >= 0.6 is 0 Å². The first-order valence-electron chi connectivity index (χ1n) is 6.42. The van der Waals surface area contributed by atoms with Crippen LogP contribution in [0, 0.1) is 0 Å². The topological polar surface area (TPSA) is 121 Å². The molecule has 9 heteroatoms. The summed E-state index contributed by atoms with van der Waals surface area (Å²) in [7, 11) is -2.54. The Kier molecular flexibility index (Phi) is 4.29. The molecule has 0 bridgehead atoms. The van der Waals surface area contributed by atoms with Gasteiger partial charge < -0.3 is 5.11 Å². The Bertz CT molecular complexity index is 756. The summed E-state index contributed by atoms with van der Waals surface area (Å²) in [5.41, 5.74) is 0.207. The van der Waals surface area contributed by atoms with Gasteiger partial charge in [-0.15, -0.1) is 0 Å². The highest BCUT2D eigenvalue weighted by Crippen LogP contribution is 2.24. The Hall–Kier alpha value is -2.26. The van der Waals surface area contributed by atoms with Crippen LogP contribution in [-0.2, 0) is 14.8 Å². The molecule has 0 unspecified atom stereocenters. The lowest BCUT2D eigenvalue weighted by atomic mass is 10.1. The average Bonchev–Trinajstić information content (AvgIpc) is 2.68. The van der Waals surface area contributed by atoms with E-state index in [0.717, 1.165) is 11.0 Å². The molecule has 22 heavy (non-hydrogen) atoms. The van der Waals surface area contributed by atoms with Crippen LogP contribution in [0.25, 0.3) is 0 Å². The van der Waals surface area contributed by atoms with Gasteiger partial charge in [0.2, 0.25) is 10.0 Å². The predicted octanol–water partition coefficient (Wildman–Crippen LogP) is 0.0555. The van der Waals surface area contributed by atoms with Gasteiger partial charge in [-0.25, -0.2) is 13.1 Å². The van der Waals surface area contributed by atoms with Crippen molar-refractivity contribution < 1.29 is 27.9 Å². The molecule has 0 aliphatic carbocycles. The zero-order valence-corrected chi connectivity index (χ0v) is 12.5. The van der Waals surface area contributed by atoms with E-state index in [9.17, 15) is 22.8 Å². The van der Waals surface area contributed by atoms with Crippen molar-refractivity contribution in [2.75, 3.05) is 13.6 Å². The predicted molar refractivity (Wildman–Crippen MR) is 74.9 cm³/mol. The highest BCUT2D eigenvalue weighted by Gasteiger charge is 2.33. The molecular weight excluding hydrogens is 312 g/mol. The number of rotatable bonds is 6. The second-order valence-electron chi connectivity index (χ2n) is 4.77. The molecule has 1 aromatic carbocycles. The Labute approximate surface area is 126 Å². The lowest BCUT2D eigenvalue weighted by Crippen LogP contribution is -2.25. The number of amides is 2. The average molecular weight is 326 g/mol. The molecule has 2 amide bonds. The van der Waals surface area contributed by atoms with Gasteiger partial charge in [0.15, 0.2) is 0 Å². The van der Waals surface area contributed by atoms with Gasteiger partial charge in [0, 0.05) is 20.0 Å². The van der Waals surface area contributed by atoms with Gasteiger partial charge in [-0.3, -0.25) is 19.3 Å². The highest BCUT2D eigenvalue weighted by molar-refractivity contribution is 7.89. The first-order valence-corrected chi connectivity index (χ1v) is 7.90. The van der Waals surface area contributed by atoms with E-state index >= 15 is 0 Å². The second-order valence-corrected chi connectivity index (χ2v) is 6.54. The third kappa shape index (κ3) is 3.00. The largest absolute Gasteiger partial charge is 0.481 e. The fourth-order valence-electron chi connectivity index (χ4n) is 2.04. The maximum absolute atomic E-state index is 12.1. The number of carboxylic acids is 1. The third-order valence-electron chi connectivity index (χ3n) is 3.23. The van der Waals surface area contributed by atoms with Crippen LogP contribution in [0.1, 0.15) is 33.6 Å². The van der Waals surface area contributed by atoms with Crippen LogP contribution in [-0.4, -0.2) is 49.8 Å². The quantitative estimate of drug-likeness (QED) is 0.563. The minimum absolute atomic E-state index is 0.0293. The first-order chi connectivity index (χ1) is 10.2. The first kappa shape index (κ1) is 16.1. The molecule has 0 aromatic heterocycles. The molecule has 118 valence electrons. The third-order valence-corrected chi connectivity index (χ3v) is 4.69. The number of nitrogens with one attached hydrogen (secondary N) is 1. The Morgan fingerprint density at radius 3 is 2.50 bits per heavy atom. The second kappa shape index (κ2) is 5.85. The van der Waals surface area contributed by atoms with Gasteiger partial charge in [0.1, 0.15) is 0 Å². The Morgan fingerprint density at radius 1 is 1.23 bits per heavy atom. The normalized spacial score (nSPS) is 14.3. The fraction of sp³-hybridized carbons (Fsp3) is 0.308. The van der Waals surface area contributed by atoms with Gasteiger partial charge in [0.05, 0.1) is 16.0 Å². The number of hydrogen-bond acceptors (Lipinski definition) is 5. The number of sulfonamides is 1. The number of fused-ring (bicyclic) bond motifs is 1. The Balaban J connectivity index is 2.18. The van der Waals surface area contributed by atoms with Crippen molar-refractivity contribution in [2.24, 2.45) is 0 Å². The van der Waals surface area contributed by atoms with Crippen molar-refractivity contribution in [1.29, 1.82) is 0 Å². The summed E-state index contributed by atoms with van der Waals surface area (Å²) in [6.07, 6.45) is 0.00412. The van der Waals surface area contributed by atoms with Crippen LogP contribution in [0.4, 0.5) is 0 Å². The summed E-state index contributed by atoms with van der Waals surface area (Å²) < 4.78 is 26.4. The molecule has 0 radical (unpaired) electrons. The van der Waals surface area contributed by atoms with E-state index in [-0.39, 0.29) is 35.4 Å². The standard InChI is InChI=1S/C13H14N2O6S/c1-15-12(18)9-5-4-8(7-10(9)13(15)19)22(20,21)14-6-2-3-11(16)17/h4-5,7,14H,2-3,6H2,1H3,(H,16,17). The van der Waals surface area contributed by atoms with Gasteiger partial charge >= 0.3 is 5.97 Å². The van der Waals surface area contributed by atoms with E-state index in [1.54, 1.807) is 0 Å². The molecule has 1 aromatic rings. The minimum atomic E-state index is -3.86. The molecule has 1 heterocycles. The molecule has 0 atom stereocenters. The van der Waals surface area contributed by atoms with Crippen molar-refractivity contribution in [3.05, 3.63) is 29.3 Å². The van der Waals surface area contributed by atoms with Gasteiger partial charge in [-0.1, -0.05) is 0 Å². The lowest BCUT2D eigenvalue weighted by Gasteiger charge is -2.07. The molecule has 0 spiro atoms. The van der Waals surface area contributed by atoms with Crippen LogP contribution in [0.2, 0.25) is 0 Å². The van der Waals surface area contributed by atoms with Gasteiger partial charge in [-0.2, -0.15) is 0 Å². The highest BCUT2D eigenvalue weighted by atomic mass is 32.2. The van der Waals surface area contributed by atoms with E-state index in [0.29, 0.717) is 0 Å². The summed E-state index contributed by atoms with van der Waals surface area (Å²) in [6, 6.07) is 3.69. The van der Waals surface area contributed by atoms with Crippen LogP contribution in [0.15, 0.2) is 23.1 Å². The van der Waals surface area contributed by atoms with Crippen LogP contribution in [0.5, 0.6) is 0 Å². The molecular formula is C13H14N2O6S. The van der Waals surface area contributed by atoms with Gasteiger partial charge in [-0.05, 0) is 24.6 Å². The number of nitrogens with zero attached hydrogens (tertiary/aromatic N) is 1. The monoisotopic (exact) mass is 326 g/mol. The molecule has 0 fully saturated rings. The van der Waals surface area contributed by atoms with E-state index in [4.69, 9.17) is 5.11 Å². The van der Waals surface area contributed by atoms with Gasteiger partial charge in [0.25, 0.3) is 11.8 Å². The molecule has 0 saturated heterocycles. The fourth-order valence-corrected chi connectivity index (χ4v) is 3.14. The molecule has 1 aliphatic heterocycles. The number of carbonyl (C=O) groups is 3. The number of carboxylic acid groups (broad SMARTS) is 1. The lowest BCUT2D eigenvalue weighted by molar-refractivity contribution is -0.137. The van der Waals surface area contributed by atoms with Crippen molar-refractivity contribution in [1.82, 2.24) is 9.62 Å². The minimum Gasteiger partial charge on any atom is -0.481 e. The summed E-state index contributed by atoms with van der Waals surface area (Å²) in [5, 5.41) is 8.49. The molecule has 8 nitrogen and oxygen atoms in total. The number of benzene rings is 1. The summed E-state index contributed by atoms with van der Waals surface area (Å²) in [6.45, 7) is -0.0293. The summed E-state index contributed by atoms with van der Waals surface area (Å²) in [4.78, 5) is 34.7. The number of hydrogen-bond donors (Lipinski definition) is 2. The number of aliphatic carboxylic acids is 1. The van der Waals surface area contributed by atoms with Crippen molar-refractivity contribution in [2.45, 2.75) is 17.7 Å². The summed E-state index contributed by atoms with van der Waals surface area (Å²) in [5.74, 6) is -2.04. The number of carbonyl (C=O) groups excluding carboxylic acids is 2. The zero-order chi connectivity index (χ0) is 16.5. The molecule has 1 aliphatic rings. The van der Waals surface area contributed by atoms with Crippen LogP contribution < -0.4 is 4.72 Å². The zero-order valence-electron chi connectivity index (χ0n) is 11.7. The molecule has 2 rings (SSSR count).